The second-order valence-corrected chi connectivity index (χ2v) is 8.28. The lowest BCUT2D eigenvalue weighted by molar-refractivity contribution is -0.116. The van der Waals surface area contributed by atoms with Crippen LogP contribution in [-0.2, 0) is 14.8 Å². The fourth-order valence-corrected chi connectivity index (χ4v) is 4.43. The molecule has 9 heteroatoms. The van der Waals surface area contributed by atoms with Gasteiger partial charge in [0.15, 0.2) is 17.5 Å². The van der Waals surface area contributed by atoms with Crippen molar-refractivity contribution in [3.63, 3.8) is 0 Å². The van der Waals surface area contributed by atoms with Crippen LogP contribution in [0.5, 0.6) is 0 Å². The number of nitrogens with zero attached hydrogens (tertiary/aromatic N) is 1. The third-order valence-corrected chi connectivity index (χ3v) is 6.05. The normalized spacial score (nSPS) is 11.7. The Morgan fingerprint density at radius 1 is 1.07 bits per heavy atom. The average molecular weight is 414 g/mol. The maximum absolute atomic E-state index is 13.7. The van der Waals surface area contributed by atoms with E-state index in [9.17, 15) is 26.4 Å². The number of hydrogen-bond donors (Lipinski definition) is 1. The molecule has 5 nitrogen and oxygen atoms in total. The predicted molar refractivity (Wildman–Crippen MR) is 99.9 cm³/mol. The highest BCUT2D eigenvalue weighted by molar-refractivity contribution is 7.89. The zero-order chi connectivity index (χ0) is 21.1. The first-order valence-electron chi connectivity index (χ1n) is 8.58. The first-order valence-corrected chi connectivity index (χ1v) is 10.0. The van der Waals surface area contributed by atoms with Crippen LogP contribution < -0.4 is 5.32 Å². The molecule has 1 amide bonds. The summed E-state index contributed by atoms with van der Waals surface area (Å²) in [6, 6.07) is 6.50. The molecule has 2 aromatic carbocycles. The summed E-state index contributed by atoms with van der Waals surface area (Å²) in [7, 11) is -3.98. The number of hydrogen-bond acceptors (Lipinski definition) is 3. The predicted octanol–water partition coefficient (Wildman–Crippen LogP) is 3.76. The summed E-state index contributed by atoms with van der Waals surface area (Å²) in [5.41, 5.74) is 0.706. The van der Waals surface area contributed by atoms with Crippen molar-refractivity contribution < 1.29 is 26.4 Å². The minimum absolute atomic E-state index is 0.0589. The van der Waals surface area contributed by atoms with Crippen LogP contribution in [0.1, 0.15) is 24.5 Å². The van der Waals surface area contributed by atoms with Gasteiger partial charge in [-0.1, -0.05) is 19.1 Å². The minimum atomic E-state index is -3.98. The molecular formula is C19H21F3N2O3S. The maximum Gasteiger partial charge on any atom is 0.243 e. The van der Waals surface area contributed by atoms with Crippen molar-refractivity contribution in [2.45, 2.75) is 32.1 Å². The first-order chi connectivity index (χ1) is 13.1. The Balaban J connectivity index is 2.28. The molecular weight excluding hydrogens is 393 g/mol. The number of carbonyl (C=O) groups excluding carboxylic acids is 1. The number of rotatable bonds is 7. The Hall–Kier alpha value is -2.39. The molecule has 0 fully saturated rings. The van der Waals surface area contributed by atoms with E-state index in [0.717, 1.165) is 15.9 Å². The Morgan fingerprint density at radius 3 is 2.39 bits per heavy atom. The van der Waals surface area contributed by atoms with Crippen molar-refractivity contribution in [3.05, 3.63) is 58.9 Å². The lowest BCUT2D eigenvalue weighted by atomic mass is 10.2. The largest absolute Gasteiger partial charge is 0.322 e. The fourth-order valence-electron chi connectivity index (χ4n) is 2.63. The van der Waals surface area contributed by atoms with E-state index in [-0.39, 0.29) is 11.4 Å². The molecule has 152 valence electrons. The molecule has 2 rings (SSSR count). The number of anilines is 1. The van der Waals surface area contributed by atoms with E-state index < -0.39 is 45.6 Å². The van der Waals surface area contributed by atoms with Gasteiger partial charge >= 0.3 is 0 Å². The van der Waals surface area contributed by atoms with Gasteiger partial charge in [-0.3, -0.25) is 4.79 Å². The van der Waals surface area contributed by atoms with E-state index >= 15 is 0 Å². The summed E-state index contributed by atoms with van der Waals surface area (Å²) >= 11 is 0. The van der Waals surface area contributed by atoms with Gasteiger partial charge in [0.2, 0.25) is 15.9 Å². The van der Waals surface area contributed by atoms with E-state index in [1.807, 2.05) is 0 Å². The molecule has 0 aliphatic rings. The molecule has 0 radical (unpaired) electrons. The van der Waals surface area contributed by atoms with Crippen LogP contribution in [0, 0.1) is 31.3 Å². The van der Waals surface area contributed by atoms with Crippen LogP contribution in [0.3, 0.4) is 0 Å². The van der Waals surface area contributed by atoms with Gasteiger partial charge in [-0.05, 0) is 49.6 Å². The summed E-state index contributed by atoms with van der Waals surface area (Å²) in [6.45, 7) is 4.61. The molecule has 0 spiro atoms. The number of benzene rings is 2. The molecule has 0 atom stereocenters. The average Bonchev–Trinajstić information content (AvgIpc) is 2.63. The highest BCUT2D eigenvalue weighted by Gasteiger charge is 2.28. The van der Waals surface area contributed by atoms with Gasteiger partial charge in [0.25, 0.3) is 0 Å². The lowest BCUT2D eigenvalue weighted by Gasteiger charge is -2.22. The Morgan fingerprint density at radius 2 is 1.75 bits per heavy atom. The molecule has 0 bridgehead atoms. The standard InChI is InChI=1S/C19H21F3N2O3S/c1-4-9-24(28(26,27)16-10-12(2)5-6-13(16)3)11-17(25)23-15-8-7-14(20)18(21)19(15)22/h5-8,10H,4,9,11H2,1-3H3,(H,23,25). The summed E-state index contributed by atoms with van der Waals surface area (Å²) < 4.78 is 67.1. The van der Waals surface area contributed by atoms with Crippen LogP contribution in [-0.4, -0.2) is 31.7 Å². The number of aryl methyl sites for hydroxylation is 2. The molecule has 0 heterocycles. The third-order valence-electron chi connectivity index (χ3n) is 4.06. The molecule has 0 aliphatic carbocycles. The number of halogens is 3. The second-order valence-electron chi connectivity index (χ2n) is 6.38. The van der Waals surface area contributed by atoms with Crippen molar-refractivity contribution >= 4 is 21.6 Å². The van der Waals surface area contributed by atoms with Crippen molar-refractivity contribution in [1.82, 2.24) is 4.31 Å². The Labute approximate surface area is 162 Å². The van der Waals surface area contributed by atoms with Crippen molar-refractivity contribution in [3.8, 4) is 0 Å². The summed E-state index contributed by atoms with van der Waals surface area (Å²) in [6.07, 6.45) is 0.441. The smallest absolute Gasteiger partial charge is 0.243 e. The molecule has 0 saturated carbocycles. The zero-order valence-corrected chi connectivity index (χ0v) is 16.5. The topological polar surface area (TPSA) is 66.5 Å². The van der Waals surface area contributed by atoms with Crippen LogP contribution in [0.15, 0.2) is 35.2 Å². The van der Waals surface area contributed by atoms with E-state index in [1.165, 1.54) is 6.07 Å². The minimum Gasteiger partial charge on any atom is -0.322 e. The number of sulfonamides is 1. The van der Waals surface area contributed by atoms with Gasteiger partial charge in [0, 0.05) is 6.54 Å². The van der Waals surface area contributed by atoms with E-state index in [4.69, 9.17) is 0 Å². The number of carbonyl (C=O) groups is 1. The lowest BCUT2D eigenvalue weighted by Crippen LogP contribution is -2.39. The summed E-state index contributed by atoms with van der Waals surface area (Å²) in [5, 5.41) is 2.09. The van der Waals surface area contributed by atoms with Crippen LogP contribution in [0.25, 0.3) is 0 Å². The van der Waals surface area contributed by atoms with E-state index in [0.29, 0.717) is 18.1 Å². The number of amides is 1. The van der Waals surface area contributed by atoms with Crippen molar-refractivity contribution in [2.24, 2.45) is 0 Å². The third kappa shape index (κ3) is 4.71. The van der Waals surface area contributed by atoms with Crippen molar-refractivity contribution in [2.75, 3.05) is 18.4 Å². The Bertz CT molecular complexity index is 994. The highest BCUT2D eigenvalue weighted by Crippen LogP contribution is 2.23. The summed E-state index contributed by atoms with van der Waals surface area (Å²) in [5.74, 6) is -5.52. The quantitative estimate of drug-likeness (QED) is 0.702. The van der Waals surface area contributed by atoms with Gasteiger partial charge < -0.3 is 5.32 Å². The highest BCUT2D eigenvalue weighted by atomic mass is 32.2. The zero-order valence-electron chi connectivity index (χ0n) is 15.7. The van der Waals surface area contributed by atoms with Crippen LogP contribution in [0.4, 0.5) is 18.9 Å². The van der Waals surface area contributed by atoms with Gasteiger partial charge in [-0.25, -0.2) is 21.6 Å². The monoisotopic (exact) mass is 414 g/mol. The molecule has 0 aliphatic heterocycles. The molecule has 28 heavy (non-hydrogen) atoms. The van der Waals surface area contributed by atoms with E-state index in [1.54, 1.807) is 32.9 Å². The molecule has 0 unspecified atom stereocenters. The first kappa shape index (κ1) is 21.9. The van der Waals surface area contributed by atoms with Gasteiger partial charge in [0.05, 0.1) is 17.1 Å². The van der Waals surface area contributed by atoms with E-state index in [2.05, 4.69) is 5.32 Å². The SMILES string of the molecule is CCCN(CC(=O)Nc1ccc(F)c(F)c1F)S(=O)(=O)c1cc(C)ccc1C. The maximum atomic E-state index is 13.7. The van der Waals surface area contributed by atoms with Gasteiger partial charge in [-0.15, -0.1) is 0 Å². The Kier molecular flexibility index (Phi) is 6.84. The van der Waals surface area contributed by atoms with Crippen LogP contribution >= 0.6 is 0 Å². The molecule has 1 N–H and O–H groups in total. The summed E-state index contributed by atoms with van der Waals surface area (Å²) in [4.78, 5) is 12.4. The number of nitrogens with one attached hydrogen (secondary N) is 1. The molecule has 0 saturated heterocycles. The molecule has 0 aromatic heterocycles. The van der Waals surface area contributed by atoms with Crippen molar-refractivity contribution in [1.29, 1.82) is 0 Å². The molecule has 2 aromatic rings. The van der Waals surface area contributed by atoms with Crippen LogP contribution in [0.2, 0.25) is 0 Å². The van der Waals surface area contributed by atoms with Gasteiger partial charge in [0.1, 0.15) is 0 Å². The second kappa shape index (κ2) is 8.74. The fraction of sp³-hybridized carbons (Fsp3) is 0.316. The van der Waals surface area contributed by atoms with Gasteiger partial charge in [-0.2, -0.15) is 4.31 Å².